The highest BCUT2D eigenvalue weighted by Crippen LogP contribution is 2.22. The van der Waals surface area contributed by atoms with Crippen LogP contribution in [0.4, 0.5) is 4.39 Å². The van der Waals surface area contributed by atoms with E-state index >= 15 is 0 Å². The van der Waals surface area contributed by atoms with Crippen LogP contribution in [0.5, 0.6) is 0 Å². The summed E-state index contributed by atoms with van der Waals surface area (Å²) in [5.41, 5.74) is 0.258. The van der Waals surface area contributed by atoms with Crippen molar-refractivity contribution in [3.05, 3.63) is 34.6 Å². The SMILES string of the molecule is O=C(Cc1ccc(Cl)cc1F)C1CCS(=O)(=O)C1. The zero-order valence-electron chi connectivity index (χ0n) is 9.53. The Morgan fingerprint density at radius 3 is 2.72 bits per heavy atom. The van der Waals surface area contributed by atoms with Crippen LogP contribution < -0.4 is 0 Å². The van der Waals surface area contributed by atoms with Gasteiger partial charge in [-0.1, -0.05) is 17.7 Å². The first-order valence-electron chi connectivity index (χ1n) is 5.54. The van der Waals surface area contributed by atoms with Crippen molar-refractivity contribution < 1.29 is 17.6 Å². The average molecular weight is 291 g/mol. The van der Waals surface area contributed by atoms with E-state index in [0.717, 1.165) is 6.07 Å². The van der Waals surface area contributed by atoms with Gasteiger partial charge >= 0.3 is 0 Å². The number of hydrogen-bond donors (Lipinski definition) is 0. The summed E-state index contributed by atoms with van der Waals surface area (Å²) >= 11 is 5.61. The summed E-state index contributed by atoms with van der Waals surface area (Å²) in [7, 11) is -3.09. The van der Waals surface area contributed by atoms with Crippen LogP contribution in [-0.4, -0.2) is 25.7 Å². The van der Waals surface area contributed by atoms with Crippen molar-refractivity contribution in [1.82, 2.24) is 0 Å². The quantitative estimate of drug-likeness (QED) is 0.856. The first-order valence-corrected chi connectivity index (χ1v) is 7.74. The van der Waals surface area contributed by atoms with Gasteiger partial charge in [0.25, 0.3) is 0 Å². The normalized spacial score (nSPS) is 22.0. The molecule has 1 fully saturated rings. The molecular formula is C12H12ClFO3S. The van der Waals surface area contributed by atoms with Gasteiger partial charge < -0.3 is 0 Å². The molecule has 1 aliphatic rings. The molecule has 0 radical (unpaired) electrons. The predicted molar refractivity (Wildman–Crippen MR) is 66.9 cm³/mol. The maximum Gasteiger partial charge on any atom is 0.151 e. The van der Waals surface area contributed by atoms with Crippen LogP contribution in [0.15, 0.2) is 18.2 Å². The van der Waals surface area contributed by atoms with Crippen molar-refractivity contribution in [3.63, 3.8) is 0 Å². The van der Waals surface area contributed by atoms with E-state index < -0.39 is 21.6 Å². The molecule has 18 heavy (non-hydrogen) atoms. The Morgan fingerprint density at radius 2 is 2.17 bits per heavy atom. The molecule has 1 unspecified atom stereocenters. The highest BCUT2D eigenvalue weighted by molar-refractivity contribution is 7.91. The molecule has 6 heteroatoms. The van der Waals surface area contributed by atoms with Crippen molar-refractivity contribution in [1.29, 1.82) is 0 Å². The average Bonchev–Trinajstić information content (AvgIpc) is 2.63. The summed E-state index contributed by atoms with van der Waals surface area (Å²) in [6.07, 6.45) is 0.263. The van der Waals surface area contributed by atoms with Crippen LogP contribution in [0.2, 0.25) is 5.02 Å². The molecule has 1 aromatic carbocycles. The standard InChI is InChI=1S/C12H12ClFO3S/c13-10-2-1-8(11(14)6-10)5-12(15)9-3-4-18(16,17)7-9/h1-2,6,9H,3-5,7H2. The number of halogens is 2. The van der Waals surface area contributed by atoms with E-state index in [1.807, 2.05) is 0 Å². The van der Waals surface area contributed by atoms with Crippen molar-refractivity contribution in [2.75, 3.05) is 11.5 Å². The largest absolute Gasteiger partial charge is 0.299 e. The fourth-order valence-electron chi connectivity index (χ4n) is 2.05. The summed E-state index contributed by atoms with van der Waals surface area (Å²) in [6, 6.07) is 4.12. The Kier molecular flexibility index (Phi) is 3.73. The smallest absolute Gasteiger partial charge is 0.151 e. The van der Waals surface area contributed by atoms with Crippen molar-refractivity contribution in [3.8, 4) is 0 Å². The van der Waals surface area contributed by atoms with Gasteiger partial charge in [-0.3, -0.25) is 4.79 Å². The lowest BCUT2D eigenvalue weighted by atomic mass is 9.97. The molecule has 1 aliphatic heterocycles. The second-order valence-electron chi connectivity index (χ2n) is 4.48. The van der Waals surface area contributed by atoms with Crippen LogP contribution in [-0.2, 0) is 21.1 Å². The van der Waals surface area contributed by atoms with E-state index in [4.69, 9.17) is 11.6 Å². The zero-order chi connectivity index (χ0) is 13.3. The minimum absolute atomic E-state index is 0.0481. The minimum atomic E-state index is -3.09. The summed E-state index contributed by atoms with van der Waals surface area (Å²) in [5, 5.41) is 0.271. The van der Waals surface area contributed by atoms with Crippen LogP contribution >= 0.6 is 11.6 Å². The lowest BCUT2D eigenvalue weighted by Gasteiger charge is -2.07. The molecule has 1 saturated heterocycles. The minimum Gasteiger partial charge on any atom is -0.299 e. The Balaban J connectivity index is 2.08. The topological polar surface area (TPSA) is 51.2 Å². The van der Waals surface area contributed by atoms with Crippen molar-refractivity contribution in [2.45, 2.75) is 12.8 Å². The van der Waals surface area contributed by atoms with Crippen LogP contribution in [0.3, 0.4) is 0 Å². The van der Waals surface area contributed by atoms with Crippen LogP contribution in [0, 0.1) is 11.7 Å². The second-order valence-corrected chi connectivity index (χ2v) is 7.14. The first kappa shape index (κ1) is 13.5. The fraction of sp³-hybridized carbons (Fsp3) is 0.417. The number of carbonyl (C=O) groups excluding carboxylic acids is 1. The van der Waals surface area contributed by atoms with E-state index in [-0.39, 0.29) is 34.3 Å². The number of sulfone groups is 1. The fourth-order valence-corrected chi connectivity index (χ4v) is 3.98. The summed E-state index contributed by atoms with van der Waals surface area (Å²) in [4.78, 5) is 11.9. The van der Waals surface area contributed by atoms with Gasteiger partial charge in [-0.05, 0) is 24.1 Å². The van der Waals surface area contributed by atoms with Gasteiger partial charge in [-0.2, -0.15) is 0 Å². The highest BCUT2D eigenvalue weighted by Gasteiger charge is 2.32. The molecule has 0 aromatic heterocycles. The van der Waals surface area contributed by atoms with Gasteiger partial charge in [-0.15, -0.1) is 0 Å². The van der Waals surface area contributed by atoms with Gasteiger partial charge in [0.1, 0.15) is 11.6 Å². The van der Waals surface area contributed by atoms with Crippen LogP contribution in [0.25, 0.3) is 0 Å². The maximum atomic E-state index is 13.5. The molecule has 3 nitrogen and oxygen atoms in total. The van der Waals surface area contributed by atoms with E-state index in [9.17, 15) is 17.6 Å². The van der Waals surface area contributed by atoms with Gasteiger partial charge in [0.2, 0.25) is 0 Å². The number of Topliss-reactive ketones (excluding diaryl/α,β-unsaturated/α-hetero) is 1. The third-order valence-electron chi connectivity index (χ3n) is 3.07. The molecule has 0 amide bonds. The molecule has 1 atom stereocenters. The number of benzene rings is 1. The number of rotatable bonds is 3. The Bertz CT molecular complexity index is 583. The number of carbonyl (C=O) groups is 1. The molecule has 0 bridgehead atoms. The molecule has 98 valence electrons. The molecule has 1 heterocycles. The van der Waals surface area contributed by atoms with Gasteiger partial charge in [0.05, 0.1) is 11.5 Å². The van der Waals surface area contributed by atoms with E-state index in [0.29, 0.717) is 6.42 Å². The lowest BCUT2D eigenvalue weighted by Crippen LogP contribution is -2.18. The highest BCUT2D eigenvalue weighted by atomic mass is 35.5. The van der Waals surface area contributed by atoms with E-state index in [1.165, 1.54) is 12.1 Å². The molecule has 0 spiro atoms. The van der Waals surface area contributed by atoms with Gasteiger partial charge in [-0.25, -0.2) is 12.8 Å². The molecule has 2 rings (SSSR count). The van der Waals surface area contributed by atoms with E-state index in [2.05, 4.69) is 0 Å². The van der Waals surface area contributed by atoms with Crippen LogP contribution in [0.1, 0.15) is 12.0 Å². The summed E-state index contributed by atoms with van der Waals surface area (Å²) < 4.78 is 36.0. The predicted octanol–water partition coefficient (Wildman–Crippen LogP) is 2.03. The molecule has 0 aliphatic carbocycles. The molecule has 1 aromatic rings. The zero-order valence-corrected chi connectivity index (χ0v) is 11.1. The monoisotopic (exact) mass is 290 g/mol. The second kappa shape index (κ2) is 4.97. The van der Waals surface area contributed by atoms with Gasteiger partial charge in [0.15, 0.2) is 9.84 Å². The Hall–Kier alpha value is -0.940. The molecule has 0 saturated carbocycles. The maximum absolute atomic E-state index is 13.5. The third kappa shape index (κ3) is 3.09. The lowest BCUT2D eigenvalue weighted by molar-refractivity contribution is -0.121. The number of ketones is 1. The third-order valence-corrected chi connectivity index (χ3v) is 5.07. The van der Waals surface area contributed by atoms with Crippen molar-refractivity contribution in [2.24, 2.45) is 5.92 Å². The van der Waals surface area contributed by atoms with E-state index in [1.54, 1.807) is 0 Å². The summed E-state index contributed by atoms with van der Waals surface area (Å²) in [5.74, 6) is -1.31. The number of hydrogen-bond acceptors (Lipinski definition) is 3. The van der Waals surface area contributed by atoms with Crippen molar-refractivity contribution >= 4 is 27.2 Å². The molecular weight excluding hydrogens is 279 g/mol. The Morgan fingerprint density at radius 1 is 1.44 bits per heavy atom. The summed E-state index contributed by atoms with van der Waals surface area (Å²) in [6.45, 7) is 0. The molecule has 0 N–H and O–H groups in total. The first-order chi connectivity index (χ1) is 8.37. The Labute approximate surface area is 110 Å². The van der Waals surface area contributed by atoms with Gasteiger partial charge in [0, 0.05) is 17.4 Å².